The second-order valence-electron chi connectivity index (χ2n) is 6.66. The first-order valence-electron chi connectivity index (χ1n) is 8.66. The molecular formula is C20H21N5O. The lowest BCUT2D eigenvalue weighted by Gasteiger charge is -2.10. The molecule has 1 aliphatic heterocycles. The quantitative estimate of drug-likeness (QED) is 0.786. The first-order chi connectivity index (χ1) is 12.6. The average molecular weight is 347 g/mol. The predicted octanol–water partition coefficient (Wildman–Crippen LogP) is 2.46. The Bertz CT molecular complexity index is 992. The summed E-state index contributed by atoms with van der Waals surface area (Å²) >= 11 is 0. The number of amides is 1. The van der Waals surface area contributed by atoms with Crippen LogP contribution in [-0.2, 0) is 13.1 Å². The maximum absolute atomic E-state index is 12.4. The molecule has 0 atom stereocenters. The molecule has 1 amide bonds. The van der Waals surface area contributed by atoms with E-state index in [4.69, 9.17) is 10.7 Å². The largest absolute Gasteiger partial charge is 0.337 e. The Labute approximate surface area is 152 Å². The fourth-order valence-electron chi connectivity index (χ4n) is 3.36. The predicted molar refractivity (Wildman–Crippen MR) is 100 cm³/mol. The number of benzene rings is 1. The van der Waals surface area contributed by atoms with Gasteiger partial charge in [-0.05, 0) is 24.6 Å². The zero-order chi connectivity index (χ0) is 18.3. The number of fused-ring (bicyclic) bond motifs is 1. The van der Waals surface area contributed by atoms with E-state index in [1.54, 1.807) is 4.90 Å². The molecule has 0 aliphatic carbocycles. The Morgan fingerprint density at radius 1 is 1.15 bits per heavy atom. The Balaban J connectivity index is 1.82. The molecule has 1 aromatic carbocycles. The lowest BCUT2D eigenvalue weighted by molar-refractivity contribution is 0.0816. The normalized spacial score (nSPS) is 13.3. The van der Waals surface area contributed by atoms with Crippen molar-refractivity contribution < 1.29 is 4.79 Å². The maximum atomic E-state index is 12.4. The van der Waals surface area contributed by atoms with Crippen molar-refractivity contribution >= 4 is 5.91 Å². The molecular weight excluding hydrogens is 326 g/mol. The van der Waals surface area contributed by atoms with E-state index in [0.29, 0.717) is 19.6 Å². The molecule has 0 saturated heterocycles. The highest BCUT2D eigenvalue weighted by Crippen LogP contribution is 2.33. The minimum Gasteiger partial charge on any atom is -0.337 e. The summed E-state index contributed by atoms with van der Waals surface area (Å²) in [5.41, 5.74) is 12.2. The van der Waals surface area contributed by atoms with Crippen LogP contribution in [0.1, 0.15) is 21.6 Å². The molecule has 2 N–H and O–H groups in total. The number of hydrogen-bond donors (Lipinski definition) is 1. The maximum Gasteiger partial charge on any atom is 0.254 e. The molecule has 0 fully saturated rings. The Kier molecular flexibility index (Phi) is 4.05. The number of carbonyl (C=O) groups is 1. The van der Waals surface area contributed by atoms with E-state index in [-0.39, 0.29) is 5.91 Å². The van der Waals surface area contributed by atoms with Crippen molar-refractivity contribution in [2.24, 2.45) is 5.73 Å². The molecule has 3 aromatic rings. The molecule has 0 spiro atoms. The fraction of sp³-hybridized carbons (Fsp3) is 0.250. The van der Waals surface area contributed by atoms with Gasteiger partial charge >= 0.3 is 0 Å². The van der Waals surface area contributed by atoms with Crippen LogP contribution in [0.4, 0.5) is 0 Å². The first-order valence-corrected chi connectivity index (χ1v) is 8.66. The number of rotatable bonds is 4. The van der Waals surface area contributed by atoms with Crippen LogP contribution >= 0.6 is 0 Å². The van der Waals surface area contributed by atoms with Crippen molar-refractivity contribution in [3.05, 3.63) is 59.5 Å². The summed E-state index contributed by atoms with van der Waals surface area (Å²) in [6.45, 7) is 3.85. The van der Waals surface area contributed by atoms with Crippen LogP contribution < -0.4 is 5.73 Å². The number of nitrogens with zero attached hydrogens (tertiary/aromatic N) is 4. The summed E-state index contributed by atoms with van der Waals surface area (Å²) in [5.74, 6) is 0.0619. The van der Waals surface area contributed by atoms with Gasteiger partial charge in [-0.15, -0.1) is 0 Å². The molecule has 132 valence electrons. The number of nitrogens with two attached hydrogens (primary N) is 1. The number of aromatic nitrogens is 3. The smallest absolute Gasteiger partial charge is 0.254 e. The van der Waals surface area contributed by atoms with Gasteiger partial charge in [0.05, 0.1) is 18.4 Å². The summed E-state index contributed by atoms with van der Waals surface area (Å²) < 4.78 is 1.83. The van der Waals surface area contributed by atoms with Gasteiger partial charge in [-0.25, -0.2) is 0 Å². The standard InChI is InChI=1S/C20H21N5O/c1-13-3-6-17(16-10-22-25(12-16)8-7-21)19(23-13)14-4-5-15-11-24(2)20(26)18(15)9-14/h3-6,9-10,12H,7-8,11,21H2,1-2H3. The van der Waals surface area contributed by atoms with Crippen molar-refractivity contribution in [3.63, 3.8) is 0 Å². The molecule has 0 unspecified atom stereocenters. The second-order valence-corrected chi connectivity index (χ2v) is 6.66. The second kappa shape index (κ2) is 6.38. The SMILES string of the molecule is Cc1ccc(-c2cnn(CCN)c2)c(-c2ccc3c(c2)C(=O)N(C)C3)n1. The van der Waals surface area contributed by atoms with Gasteiger partial charge in [-0.2, -0.15) is 5.10 Å². The molecule has 0 radical (unpaired) electrons. The highest BCUT2D eigenvalue weighted by Gasteiger charge is 2.25. The summed E-state index contributed by atoms with van der Waals surface area (Å²) in [7, 11) is 1.82. The van der Waals surface area contributed by atoms with Gasteiger partial charge in [0.1, 0.15) is 0 Å². The van der Waals surface area contributed by atoms with E-state index < -0.39 is 0 Å². The van der Waals surface area contributed by atoms with Crippen molar-refractivity contribution in [1.82, 2.24) is 19.7 Å². The number of pyridine rings is 1. The summed E-state index contributed by atoms with van der Waals surface area (Å²) in [4.78, 5) is 18.8. The van der Waals surface area contributed by atoms with Gasteiger partial charge in [0, 0.05) is 54.3 Å². The van der Waals surface area contributed by atoms with Gasteiger partial charge in [-0.3, -0.25) is 14.5 Å². The van der Waals surface area contributed by atoms with E-state index in [9.17, 15) is 4.79 Å². The molecule has 4 rings (SSSR count). The molecule has 0 saturated carbocycles. The van der Waals surface area contributed by atoms with Gasteiger partial charge in [0.15, 0.2) is 0 Å². The van der Waals surface area contributed by atoms with Crippen molar-refractivity contribution in [2.45, 2.75) is 20.0 Å². The molecule has 3 heterocycles. The third-order valence-corrected chi connectivity index (χ3v) is 4.70. The van der Waals surface area contributed by atoms with Gasteiger partial charge in [0.25, 0.3) is 5.91 Å². The van der Waals surface area contributed by atoms with Gasteiger partial charge < -0.3 is 10.6 Å². The van der Waals surface area contributed by atoms with Crippen molar-refractivity contribution in [1.29, 1.82) is 0 Å². The summed E-state index contributed by atoms with van der Waals surface area (Å²) in [5, 5.41) is 4.37. The lowest BCUT2D eigenvalue weighted by atomic mass is 9.98. The number of carbonyl (C=O) groups excluding carboxylic acids is 1. The Morgan fingerprint density at radius 3 is 2.81 bits per heavy atom. The van der Waals surface area contributed by atoms with Gasteiger partial charge in [0.2, 0.25) is 0 Å². The topological polar surface area (TPSA) is 77.0 Å². The van der Waals surface area contributed by atoms with Crippen LogP contribution in [0.3, 0.4) is 0 Å². The monoisotopic (exact) mass is 347 g/mol. The van der Waals surface area contributed by atoms with Crippen LogP contribution in [0.2, 0.25) is 0 Å². The number of aryl methyl sites for hydroxylation is 1. The summed E-state index contributed by atoms with van der Waals surface area (Å²) in [6, 6.07) is 10.1. The van der Waals surface area contributed by atoms with E-state index in [2.05, 4.69) is 11.2 Å². The zero-order valence-corrected chi connectivity index (χ0v) is 14.9. The Hall–Kier alpha value is -2.99. The minimum atomic E-state index is 0.0619. The Morgan fingerprint density at radius 2 is 2.00 bits per heavy atom. The van der Waals surface area contributed by atoms with E-state index in [1.165, 1.54) is 0 Å². The highest BCUT2D eigenvalue weighted by atomic mass is 16.2. The van der Waals surface area contributed by atoms with Crippen LogP contribution in [0.25, 0.3) is 22.4 Å². The van der Waals surface area contributed by atoms with Crippen molar-refractivity contribution in [2.75, 3.05) is 13.6 Å². The first kappa shape index (κ1) is 16.5. The molecule has 6 nitrogen and oxygen atoms in total. The zero-order valence-electron chi connectivity index (χ0n) is 14.9. The summed E-state index contributed by atoms with van der Waals surface area (Å²) in [6.07, 6.45) is 3.81. The fourth-order valence-corrected chi connectivity index (χ4v) is 3.36. The average Bonchev–Trinajstić information content (AvgIpc) is 3.20. The third kappa shape index (κ3) is 2.78. The van der Waals surface area contributed by atoms with Crippen LogP contribution in [-0.4, -0.2) is 39.2 Å². The van der Waals surface area contributed by atoms with E-state index >= 15 is 0 Å². The molecule has 1 aliphatic rings. The van der Waals surface area contributed by atoms with Crippen LogP contribution in [0, 0.1) is 6.92 Å². The number of hydrogen-bond acceptors (Lipinski definition) is 4. The lowest BCUT2D eigenvalue weighted by Crippen LogP contribution is -2.17. The van der Waals surface area contributed by atoms with Crippen molar-refractivity contribution in [3.8, 4) is 22.4 Å². The molecule has 26 heavy (non-hydrogen) atoms. The van der Waals surface area contributed by atoms with E-state index in [0.717, 1.165) is 39.2 Å². The van der Waals surface area contributed by atoms with E-state index in [1.807, 2.05) is 55.3 Å². The molecule has 6 heteroatoms. The van der Waals surface area contributed by atoms with Crippen LogP contribution in [0.15, 0.2) is 42.7 Å². The minimum absolute atomic E-state index is 0.0619. The highest BCUT2D eigenvalue weighted by molar-refractivity contribution is 5.99. The third-order valence-electron chi connectivity index (χ3n) is 4.70. The molecule has 0 bridgehead atoms. The molecule has 2 aromatic heterocycles. The van der Waals surface area contributed by atoms with Crippen LogP contribution in [0.5, 0.6) is 0 Å². The van der Waals surface area contributed by atoms with Gasteiger partial charge in [-0.1, -0.05) is 18.2 Å².